The van der Waals surface area contributed by atoms with Crippen molar-refractivity contribution in [3.63, 3.8) is 0 Å². The van der Waals surface area contributed by atoms with Crippen molar-refractivity contribution in [1.82, 2.24) is 15.5 Å². The molecule has 238 valence electrons. The summed E-state index contributed by atoms with van der Waals surface area (Å²) in [5.41, 5.74) is -0.443. The number of carbonyl (C=O) groups excluding carboxylic acids is 4. The van der Waals surface area contributed by atoms with Crippen molar-refractivity contribution in [3.8, 4) is 18.2 Å². The average Bonchev–Trinajstić information content (AvgIpc) is 2.90. The van der Waals surface area contributed by atoms with Gasteiger partial charge in [0.15, 0.2) is 6.04 Å². The van der Waals surface area contributed by atoms with Crippen LogP contribution in [0.15, 0.2) is 48.5 Å². The van der Waals surface area contributed by atoms with Crippen LogP contribution in [-0.4, -0.2) is 57.2 Å². The molecule has 3 unspecified atom stereocenters. The van der Waals surface area contributed by atoms with Crippen LogP contribution in [0.25, 0.3) is 0 Å². The lowest BCUT2D eigenvalue weighted by Crippen LogP contribution is -2.55. The Labute approximate surface area is 260 Å². The molecule has 10 heteroatoms. The lowest BCUT2D eigenvalue weighted by molar-refractivity contribution is -0.159. The number of benzene rings is 2. The topological polar surface area (TPSA) is 134 Å². The summed E-state index contributed by atoms with van der Waals surface area (Å²) in [6.07, 6.45) is 5.11. The maximum atomic E-state index is 14.2. The summed E-state index contributed by atoms with van der Waals surface area (Å²) in [6, 6.07) is 12.1. The number of amides is 3. The van der Waals surface area contributed by atoms with Gasteiger partial charge in [0.1, 0.15) is 29.0 Å². The molecule has 0 saturated heterocycles. The molecule has 3 amide bonds. The summed E-state index contributed by atoms with van der Waals surface area (Å²) in [7, 11) is 0. The third-order valence-corrected chi connectivity index (χ3v) is 6.34. The summed E-state index contributed by atoms with van der Waals surface area (Å²) in [6.45, 7) is 15.2. The van der Waals surface area contributed by atoms with E-state index in [9.17, 15) is 24.3 Å². The van der Waals surface area contributed by atoms with Gasteiger partial charge in [0, 0.05) is 18.0 Å². The predicted molar refractivity (Wildman–Crippen MR) is 167 cm³/mol. The molecule has 0 aromatic heterocycles. The van der Waals surface area contributed by atoms with E-state index in [2.05, 4.69) is 16.7 Å². The molecule has 0 spiro atoms. The van der Waals surface area contributed by atoms with Crippen LogP contribution in [-0.2, 0) is 30.3 Å². The van der Waals surface area contributed by atoms with Crippen LogP contribution in [0.5, 0.6) is 5.75 Å². The van der Waals surface area contributed by atoms with Gasteiger partial charge in [-0.3, -0.25) is 14.5 Å². The molecule has 3 atom stereocenters. The predicted octanol–water partition coefficient (Wildman–Crippen LogP) is 4.78. The smallest absolute Gasteiger partial charge is 0.408 e. The van der Waals surface area contributed by atoms with E-state index in [1.54, 1.807) is 98.7 Å². The SMILES string of the molecule is C#CN(C(=O)C(NC(=O)OC(C)(C)C)C(C)C)C(C(=O)NC(Cc1ccccc1)C(=O)OC(C)(C)C)c1cccc(C)c1O. The van der Waals surface area contributed by atoms with Gasteiger partial charge in [-0.05, 0) is 65.5 Å². The molecule has 0 aliphatic carbocycles. The standard InChI is InChI=1S/C34H45N3O7/c1-11-37(30(40)26(21(2)3)36-32(42)44-34(8,9)10)27(24-19-15-16-22(4)28(24)38)29(39)35-25(31(41)43-33(5,6)7)20-23-17-13-12-14-18-23/h1,12-19,21,25-27,38H,20H2,2-10H3,(H,35,39)(H,36,42). The largest absolute Gasteiger partial charge is 0.507 e. The summed E-state index contributed by atoms with van der Waals surface area (Å²) in [5.74, 6) is -3.02. The number of carbonyl (C=O) groups is 4. The molecule has 0 bridgehead atoms. The van der Waals surface area contributed by atoms with Crippen LogP contribution >= 0.6 is 0 Å². The van der Waals surface area contributed by atoms with E-state index in [1.807, 2.05) is 6.07 Å². The monoisotopic (exact) mass is 607 g/mol. The molecule has 0 heterocycles. The van der Waals surface area contributed by atoms with Crippen molar-refractivity contribution in [2.75, 3.05) is 0 Å². The van der Waals surface area contributed by atoms with E-state index in [4.69, 9.17) is 15.9 Å². The summed E-state index contributed by atoms with van der Waals surface area (Å²) >= 11 is 0. The van der Waals surface area contributed by atoms with E-state index < -0.39 is 59.1 Å². The number of hydrogen-bond acceptors (Lipinski definition) is 7. The van der Waals surface area contributed by atoms with Gasteiger partial charge in [-0.2, -0.15) is 0 Å². The van der Waals surface area contributed by atoms with Crippen LogP contribution in [0.4, 0.5) is 4.79 Å². The minimum absolute atomic E-state index is 0.0382. The third-order valence-electron chi connectivity index (χ3n) is 6.34. The minimum atomic E-state index is -1.57. The van der Waals surface area contributed by atoms with Crippen molar-refractivity contribution in [2.45, 2.75) is 98.1 Å². The molecule has 0 aliphatic heterocycles. The Balaban J connectivity index is 2.59. The number of aryl methyl sites for hydroxylation is 1. The average molecular weight is 608 g/mol. The molecular formula is C34H45N3O7. The molecule has 2 rings (SSSR count). The second-order valence-corrected chi connectivity index (χ2v) is 12.9. The summed E-state index contributed by atoms with van der Waals surface area (Å²) in [4.78, 5) is 54.9. The lowest BCUT2D eigenvalue weighted by Gasteiger charge is -2.33. The maximum absolute atomic E-state index is 14.2. The number of esters is 1. The van der Waals surface area contributed by atoms with Crippen molar-refractivity contribution < 1.29 is 33.8 Å². The van der Waals surface area contributed by atoms with Gasteiger partial charge in [0.25, 0.3) is 5.91 Å². The van der Waals surface area contributed by atoms with E-state index in [0.717, 1.165) is 10.5 Å². The Hall–Kier alpha value is -4.52. The Morgan fingerprint density at radius 2 is 1.50 bits per heavy atom. The molecule has 3 N–H and O–H groups in total. The molecular weight excluding hydrogens is 562 g/mol. The fourth-order valence-corrected chi connectivity index (χ4v) is 4.33. The van der Waals surface area contributed by atoms with Crippen molar-refractivity contribution in [3.05, 3.63) is 65.2 Å². The number of terminal acetylenes is 1. The number of hydrogen-bond donors (Lipinski definition) is 3. The Morgan fingerprint density at radius 1 is 0.909 bits per heavy atom. The third kappa shape index (κ3) is 10.3. The van der Waals surface area contributed by atoms with Gasteiger partial charge in [0.05, 0.1) is 0 Å². The van der Waals surface area contributed by atoms with Crippen molar-refractivity contribution in [1.29, 1.82) is 0 Å². The Bertz CT molecular complexity index is 1370. The highest BCUT2D eigenvalue weighted by Gasteiger charge is 2.40. The minimum Gasteiger partial charge on any atom is -0.507 e. The van der Waals surface area contributed by atoms with E-state index in [0.29, 0.717) is 5.56 Å². The number of para-hydroxylation sites is 1. The molecule has 2 aromatic carbocycles. The number of nitrogens with one attached hydrogen (secondary N) is 2. The zero-order chi connectivity index (χ0) is 33.4. The highest BCUT2D eigenvalue weighted by Crippen LogP contribution is 2.32. The normalized spacial score (nSPS) is 13.6. The fourth-order valence-electron chi connectivity index (χ4n) is 4.33. The van der Waals surface area contributed by atoms with E-state index in [-0.39, 0.29) is 17.7 Å². The highest BCUT2D eigenvalue weighted by atomic mass is 16.6. The van der Waals surface area contributed by atoms with Crippen LogP contribution < -0.4 is 10.6 Å². The number of nitrogens with zero attached hydrogens (tertiary/aromatic N) is 1. The number of phenolic OH excluding ortho intramolecular Hbond substituents is 1. The van der Waals surface area contributed by atoms with Crippen LogP contribution in [0.2, 0.25) is 0 Å². The molecule has 44 heavy (non-hydrogen) atoms. The number of aromatic hydroxyl groups is 1. The molecule has 0 radical (unpaired) electrons. The molecule has 10 nitrogen and oxygen atoms in total. The second-order valence-electron chi connectivity index (χ2n) is 12.9. The maximum Gasteiger partial charge on any atom is 0.408 e. The van der Waals surface area contributed by atoms with Gasteiger partial charge >= 0.3 is 12.1 Å². The van der Waals surface area contributed by atoms with Gasteiger partial charge < -0.3 is 25.2 Å². The molecule has 0 aliphatic rings. The quantitative estimate of drug-likeness (QED) is 0.201. The first-order valence-electron chi connectivity index (χ1n) is 14.5. The van der Waals surface area contributed by atoms with Gasteiger partial charge in [-0.1, -0.05) is 68.8 Å². The first-order valence-corrected chi connectivity index (χ1v) is 14.5. The Kier molecular flexibility index (Phi) is 12.0. The van der Waals surface area contributed by atoms with Gasteiger partial charge in [0.2, 0.25) is 5.91 Å². The number of ether oxygens (including phenoxy) is 2. The number of rotatable bonds is 10. The first-order chi connectivity index (χ1) is 20.3. The van der Waals surface area contributed by atoms with Crippen LogP contribution in [0.1, 0.15) is 78.1 Å². The number of phenols is 1. The first kappa shape index (κ1) is 35.7. The van der Waals surface area contributed by atoms with Crippen LogP contribution in [0.3, 0.4) is 0 Å². The zero-order valence-corrected chi connectivity index (χ0v) is 27.1. The lowest BCUT2D eigenvalue weighted by atomic mass is 9.97. The van der Waals surface area contributed by atoms with Gasteiger partial charge in [-0.25, -0.2) is 9.59 Å². The van der Waals surface area contributed by atoms with Crippen LogP contribution in [0, 0.1) is 25.3 Å². The van der Waals surface area contributed by atoms with Gasteiger partial charge in [-0.15, -0.1) is 0 Å². The zero-order valence-electron chi connectivity index (χ0n) is 27.1. The summed E-state index contributed by atoms with van der Waals surface area (Å²) < 4.78 is 10.9. The van der Waals surface area contributed by atoms with E-state index in [1.165, 1.54) is 6.07 Å². The summed E-state index contributed by atoms with van der Waals surface area (Å²) in [5, 5.41) is 16.3. The second kappa shape index (κ2) is 14.8. The highest BCUT2D eigenvalue weighted by molar-refractivity contribution is 5.95. The fraction of sp³-hybridized carbons (Fsp3) is 0.471. The van der Waals surface area contributed by atoms with Crippen molar-refractivity contribution >= 4 is 23.9 Å². The molecule has 2 aromatic rings. The Morgan fingerprint density at radius 3 is 2.02 bits per heavy atom. The number of alkyl carbamates (subject to hydrolysis) is 1. The van der Waals surface area contributed by atoms with E-state index >= 15 is 0 Å². The molecule has 0 fully saturated rings. The molecule has 0 saturated carbocycles. The van der Waals surface area contributed by atoms with Crippen molar-refractivity contribution in [2.24, 2.45) is 5.92 Å².